The number of hydrogen-bond donors (Lipinski definition) is 1. The molecule has 1 heterocycles. The maximum Gasteiger partial charge on any atom is 0.257 e. The van der Waals surface area contributed by atoms with Gasteiger partial charge in [0.05, 0.1) is 0 Å². The molecule has 0 saturated heterocycles. The third-order valence-electron chi connectivity index (χ3n) is 2.88. The Bertz CT molecular complexity index is 737. The molecule has 0 spiro atoms. The number of nitrogens with two attached hydrogens (primary N) is 1. The predicted octanol–water partition coefficient (Wildman–Crippen LogP) is 1.81. The van der Waals surface area contributed by atoms with Crippen LogP contribution in [0.2, 0.25) is 0 Å². The van der Waals surface area contributed by atoms with Crippen molar-refractivity contribution in [3.63, 3.8) is 0 Å². The first-order valence-electron chi connectivity index (χ1n) is 6.33. The highest BCUT2D eigenvalue weighted by molar-refractivity contribution is 7.89. The Morgan fingerprint density at radius 1 is 1.24 bits per heavy atom. The smallest absolute Gasteiger partial charge is 0.257 e. The minimum absolute atomic E-state index is 0.118. The van der Waals surface area contributed by atoms with Crippen molar-refractivity contribution in [3.05, 3.63) is 47.4 Å². The summed E-state index contributed by atoms with van der Waals surface area (Å²) < 4.78 is 50.6. The van der Waals surface area contributed by atoms with Crippen LogP contribution in [0.15, 0.2) is 29.4 Å². The summed E-state index contributed by atoms with van der Waals surface area (Å²) in [5.41, 5.74) is 0.378. The molecule has 0 aliphatic rings. The van der Waals surface area contributed by atoms with E-state index in [4.69, 9.17) is 5.14 Å². The SMILES string of the molecule is CCCc1nc(S(N)(=O)=O)cn1Cc1cc(F)cc(F)c1. The van der Waals surface area contributed by atoms with Gasteiger partial charge in [0.25, 0.3) is 10.0 Å². The normalized spacial score (nSPS) is 11.8. The lowest BCUT2D eigenvalue weighted by atomic mass is 10.2. The lowest BCUT2D eigenvalue weighted by molar-refractivity contribution is 0.576. The standard InChI is InChI=1S/C13H15F2N3O2S/c1-2-3-12-17-13(21(16,19)20)8-18(12)7-9-4-10(14)6-11(15)5-9/h4-6,8H,2-3,7H2,1H3,(H2,16,19,20). The first kappa shape index (κ1) is 15.6. The molecule has 1 aromatic carbocycles. The summed E-state index contributed by atoms with van der Waals surface area (Å²) in [5, 5.41) is 4.81. The van der Waals surface area contributed by atoms with E-state index in [1.54, 1.807) is 0 Å². The third-order valence-corrected chi connectivity index (χ3v) is 3.66. The first-order chi connectivity index (χ1) is 9.79. The number of imidazole rings is 1. The van der Waals surface area contributed by atoms with Crippen LogP contribution in [0.5, 0.6) is 0 Å². The van der Waals surface area contributed by atoms with Crippen LogP contribution in [-0.2, 0) is 23.0 Å². The highest BCUT2D eigenvalue weighted by Gasteiger charge is 2.16. The molecule has 0 aliphatic carbocycles. The second-order valence-electron chi connectivity index (χ2n) is 4.70. The second-order valence-corrected chi connectivity index (χ2v) is 6.20. The van der Waals surface area contributed by atoms with E-state index in [0.717, 1.165) is 12.5 Å². The topological polar surface area (TPSA) is 78.0 Å². The van der Waals surface area contributed by atoms with Gasteiger partial charge in [-0.25, -0.2) is 27.3 Å². The van der Waals surface area contributed by atoms with Crippen molar-refractivity contribution < 1.29 is 17.2 Å². The number of halogens is 2. The molecular formula is C13H15F2N3O2S. The Hall–Kier alpha value is -1.80. The van der Waals surface area contributed by atoms with Crippen LogP contribution in [0, 0.1) is 11.6 Å². The highest BCUT2D eigenvalue weighted by Crippen LogP contribution is 2.14. The Morgan fingerprint density at radius 3 is 2.38 bits per heavy atom. The minimum Gasteiger partial charge on any atom is -0.329 e. The van der Waals surface area contributed by atoms with Gasteiger partial charge in [-0.2, -0.15) is 0 Å². The molecule has 8 heteroatoms. The number of aryl methyl sites for hydroxylation is 1. The number of hydrogen-bond acceptors (Lipinski definition) is 3. The number of primary sulfonamides is 1. The first-order valence-corrected chi connectivity index (χ1v) is 7.88. The van der Waals surface area contributed by atoms with Crippen LogP contribution in [-0.4, -0.2) is 18.0 Å². The van der Waals surface area contributed by atoms with Gasteiger partial charge in [-0.3, -0.25) is 0 Å². The number of rotatable bonds is 5. The molecule has 2 rings (SSSR count). The Labute approximate surface area is 121 Å². The van der Waals surface area contributed by atoms with Crippen molar-refractivity contribution >= 4 is 10.0 Å². The summed E-state index contributed by atoms with van der Waals surface area (Å²) in [6.45, 7) is 2.03. The number of nitrogens with zero attached hydrogens (tertiary/aromatic N) is 2. The number of sulfonamides is 1. The zero-order valence-corrected chi connectivity index (χ0v) is 12.2. The van der Waals surface area contributed by atoms with Crippen molar-refractivity contribution in [3.8, 4) is 0 Å². The maximum absolute atomic E-state index is 13.2. The quantitative estimate of drug-likeness (QED) is 0.914. The summed E-state index contributed by atoms with van der Waals surface area (Å²) in [6.07, 6.45) is 2.56. The zero-order chi connectivity index (χ0) is 15.6. The van der Waals surface area contributed by atoms with E-state index in [-0.39, 0.29) is 11.6 Å². The van der Waals surface area contributed by atoms with E-state index in [1.807, 2.05) is 6.92 Å². The third kappa shape index (κ3) is 3.85. The minimum atomic E-state index is -3.91. The monoisotopic (exact) mass is 315 g/mol. The predicted molar refractivity (Wildman–Crippen MR) is 73.1 cm³/mol. The molecule has 0 fully saturated rings. The average Bonchev–Trinajstić information content (AvgIpc) is 2.71. The molecule has 1 aromatic heterocycles. The van der Waals surface area contributed by atoms with Gasteiger partial charge in [0.1, 0.15) is 17.5 Å². The maximum atomic E-state index is 13.2. The van der Waals surface area contributed by atoms with Crippen LogP contribution < -0.4 is 5.14 Å². The fourth-order valence-corrected chi connectivity index (χ4v) is 2.53. The van der Waals surface area contributed by atoms with Gasteiger partial charge >= 0.3 is 0 Å². The van der Waals surface area contributed by atoms with Gasteiger partial charge in [-0.1, -0.05) is 6.92 Å². The molecule has 5 nitrogen and oxygen atoms in total. The Morgan fingerprint density at radius 2 is 1.86 bits per heavy atom. The Kier molecular flexibility index (Phi) is 4.38. The molecule has 0 bridgehead atoms. The molecular weight excluding hydrogens is 300 g/mol. The van der Waals surface area contributed by atoms with Crippen LogP contribution >= 0.6 is 0 Å². The number of aromatic nitrogens is 2. The van der Waals surface area contributed by atoms with Crippen LogP contribution in [0.3, 0.4) is 0 Å². The van der Waals surface area contributed by atoms with Crippen molar-refractivity contribution in [2.24, 2.45) is 5.14 Å². The van der Waals surface area contributed by atoms with E-state index < -0.39 is 21.7 Å². The van der Waals surface area contributed by atoms with Gasteiger partial charge < -0.3 is 4.57 Å². The summed E-state index contributed by atoms with van der Waals surface area (Å²) >= 11 is 0. The van der Waals surface area contributed by atoms with E-state index >= 15 is 0 Å². The molecule has 2 aromatic rings. The van der Waals surface area contributed by atoms with Gasteiger partial charge in [0.15, 0.2) is 5.03 Å². The van der Waals surface area contributed by atoms with E-state index in [9.17, 15) is 17.2 Å². The number of benzene rings is 1. The second kappa shape index (κ2) is 5.90. The van der Waals surface area contributed by atoms with Gasteiger partial charge in [0, 0.05) is 25.2 Å². The highest BCUT2D eigenvalue weighted by atomic mass is 32.2. The molecule has 0 radical (unpaired) electrons. The molecule has 0 amide bonds. The average molecular weight is 315 g/mol. The van der Waals surface area contributed by atoms with E-state index in [1.165, 1.54) is 22.9 Å². The molecule has 0 unspecified atom stereocenters. The molecule has 2 N–H and O–H groups in total. The van der Waals surface area contributed by atoms with Gasteiger partial charge in [-0.05, 0) is 24.1 Å². The van der Waals surface area contributed by atoms with Gasteiger partial charge in [0.2, 0.25) is 0 Å². The molecule has 0 saturated carbocycles. The lowest BCUT2D eigenvalue weighted by Crippen LogP contribution is -2.12. The summed E-state index contributed by atoms with van der Waals surface area (Å²) in [6, 6.07) is 3.16. The largest absolute Gasteiger partial charge is 0.329 e. The summed E-state index contributed by atoms with van der Waals surface area (Å²) in [4.78, 5) is 3.97. The molecule has 114 valence electrons. The fourth-order valence-electron chi connectivity index (χ4n) is 2.02. The zero-order valence-electron chi connectivity index (χ0n) is 11.4. The molecule has 0 atom stereocenters. The summed E-state index contributed by atoms with van der Waals surface area (Å²) in [7, 11) is -3.91. The van der Waals surface area contributed by atoms with Crippen molar-refractivity contribution in [2.45, 2.75) is 31.3 Å². The van der Waals surface area contributed by atoms with Crippen molar-refractivity contribution in [2.75, 3.05) is 0 Å². The van der Waals surface area contributed by atoms with E-state index in [0.29, 0.717) is 17.8 Å². The van der Waals surface area contributed by atoms with E-state index in [2.05, 4.69) is 4.98 Å². The fraction of sp³-hybridized carbons (Fsp3) is 0.308. The Balaban J connectivity index is 2.40. The van der Waals surface area contributed by atoms with Crippen molar-refractivity contribution in [1.29, 1.82) is 0 Å². The molecule has 0 aliphatic heterocycles. The van der Waals surface area contributed by atoms with Crippen molar-refractivity contribution in [1.82, 2.24) is 9.55 Å². The summed E-state index contributed by atoms with van der Waals surface area (Å²) in [5.74, 6) is -0.867. The molecule has 21 heavy (non-hydrogen) atoms. The lowest BCUT2D eigenvalue weighted by Gasteiger charge is -2.07. The van der Waals surface area contributed by atoms with Gasteiger partial charge in [-0.15, -0.1) is 0 Å². The van der Waals surface area contributed by atoms with Crippen LogP contribution in [0.4, 0.5) is 8.78 Å². The van der Waals surface area contributed by atoms with Crippen LogP contribution in [0.1, 0.15) is 24.7 Å². The van der Waals surface area contributed by atoms with Crippen LogP contribution in [0.25, 0.3) is 0 Å².